The largest absolute Gasteiger partial charge is 0.455 e. The summed E-state index contributed by atoms with van der Waals surface area (Å²) in [5.41, 5.74) is 11.5. The minimum Gasteiger partial charge on any atom is -0.455 e. The minimum atomic E-state index is 0.947. The van der Waals surface area contributed by atoms with Crippen molar-refractivity contribution in [2.45, 2.75) is 12.8 Å². The van der Waals surface area contributed by atoms with Gasteiger partial charge < -0.3 is 8.98 Å². The standard InChI is InChI=1S/C43H28N2O/c1-2-12-30(13-3-1)45-38-20-5-4-14-32(38)37-26-29(23-24-39(37)45)31-15-7-18-35-36-19-8-17-34(43(36)46-42(31)35)33-16-6-10-27-21-22-28-11-9-25-44-41(28)40(27)33/h1-6,8-17,19-26H,7,18H2. The lowest BCUT2D eigenvalue weighted by molar-refractivity contribution is 0.592. The number of aryl methyl sites for hydroxylation is 1. The van der Waals surface area contributed by atoms with Crippen molar-refractivity contribution in [3.05, 3.63) is 163 Å². The molecule has 3 aromatic heterocycles. The molecular weight excluding hydrogens is 560 g/mol. The fourth-order valence-corrected chi connectivity index (χ4v) is 7.69. The Morgan fingerprint density at radius 1 is 0.609 bits per heavy atom. The summed E-state index contributed by atoms with van der Waals surface area (Å²) < 4.78 is 9.35. The molecule has 1 aliphatic carbocycles. The van der Waals surface area contributed by atoms with E-state index in [0.717, 1.165) is 46.2 Å². The Balaban J connectivity index is 1.17. The molecule has 0 fully saturated rings. The molecule has 0 bridgehead atoms. The van der Waals surface area contributed by atoms with Crippen molar-refractivity contribution in [1.82, 2.24) is 9.55 Å². The molecule has 0 saturated heterocycles. The van der Waals surface area contributed by atoms with E-state index in [9.17, 15) is 0 Å². The Morgan fingerprint density at radius 2 is 1.39 bits per heavy atom. The van der Waals surface area contributed by atoms with Crippen LogP contribution in [0.2, 0.25) is 0 Å². The third kappa shape index (κ3) is 3.63. The van der Waals surface area contributed by atoms with Crippen LogP contribution in [0.1, 0.15) is 23.3 Å². The Kier molecular flexibility index (Phi) is 5.40. The van der Waals surface area contributed by atoms with Gasteiger partial charge in [0.1, 0.15) is 11.3 Å². The lowest BCUT2D eigenvalue weighted by Gasteiger charge is -2.14. The van der Waals surface area contributed by atoms with Crippen molar-refractivity contribution in [2.75, 3.05) is 0 Å². The van der Waals surface area contributed by atoms with Crippen molar-refractivity contribution >= 4 is 60.0 Å². The van der Waals surface area contributed by atoms with Gasteiger partial charge in [0.2, 0.25) is 0 Å². The summed E-state index contributed by atoms with van der Waals surface area (Å²) in [4.78, 5) is 4.82. The van der Waals surface area contributed by atoms with Crippen LogP contribution in [-0.2, 0) is 6.42 Å². The van der Waals surface area contributed by atoms with Gasteiger partial charge in [-0.15, -0.1) is 0 Å². The second-order valence-electron chi connectivity index (χ2n) is 12.2. The van der Waals surface area contributed by atoms with E-state index in [1.54, 1.807) is 0 Å². The first-order chi connectivity index (χ1) is 22.8. The third-order valence-corrected chi connectivity index (χ3v) is 9.71. The molecule has 3 heterocycles. The fraction of sp³-hybridized carbons (Fsp3) is 0.0465. The van der Waals surface area contributed by atoms with E-state index < -0.39 is 0 Å². The first kappa shape index (κ1) is 25.4. The van der Waals surface area contributed by atoms with E-state index in [1.807, 2.05) is 12.3 Å². The monoisotopic (exact) mass is 588 g/mol. The molecule has 0 saturated carbocycles. The van der Waals surface area contributed by atoms with Crippen LogP contribution in [0, 0.1) is 0 Å². The number of aromatic nitrogens is 2. The maximum absolute atomic E-state index is 6.98. The molecule has 6 aromatic carbocycles. The first-order valence-corrected chi connectivity index (χ1v) is 15.9. The highest BCUT2D eigenvalue weighted by Crippen LogP contribution is 2.44. The van der Waals surface area contributed by atoms with Gasteiger partial charge in [-0.25, -0.2) is 0 Å². The van der Waals surface area contributed by atoms with Gasteiger partial charge in [-0.2, -0.15) is 0 Å². The van der Waals surface area contributed by atoms with Crippen LogP contribution in [-0.4, -0.2) is 9.55 Å². The maximum Gasteiger partial charge on any atom is 0.142 e. The molecule has 216 valence electrons. The molecule has 3 heteroatoms. The highest BCUT2D eigenvalue weighted by molar-refractivity contribution is 6.15. The number of fused-ring (bicyclic) bond motifs is 9. The van der Waals surface area contributed by atoms with Gasteiger partial charge in [0.05, 0.1) is 16.6 Å². The molecule has 3 nitrogen and oxygen atoms in total. The summed E-state index contributed by atoms with van der Waals surface area (Å²) in [7, 11) is 0. The van der Waals surface area contributed by atoms with Gasteiger partial charge >= 0.3 is 0 Å². The van der Waals surface area contributed by atoms with Gasteiger partial charge in [-0.3, -0.25) is 4.98 Å². The molecule has 0 aliphatic heterocycles. The van der Waals surface area contributed by atoms with Crippen LogP contribution in [0.4, 0.5) is 0 Å². The minimum absolute atomic E-state index is 0.947. The fourth-order valence-electron chi connectivity index (χ4n) is 7.69. The van der Waals surface area contributed by atoms with Crippen molar-refractivity contribution in [1.29, 1.82) is 0 Å². The molecule has 0 unspecified atom stereocenters. The zero-order chi connectivity index (χ0) is 30.2. The van der Waals surface area contributed by atoms with Crippen LogP contribution >= 0.6 is 0 Å². The van der Waals surface area contributed by atoms with Crippen molar-refractivity contribution in [3.8, 4) is 16.8 Å². The number of benzene rings is 6. The number of nitrogens with zero attached hydrogens (tertiary/aromatic N) is 2. The molecule has 1 aliphatic rings. The van der Waals surface area contributed by atoms with Gasteiger partial charge in [0, 0.05) is 55.5 Å². The lowest BCUT2D eigenvalue weighted by Crippen LogP contribution is -1.98. The summed E-state index contributed by atoms with van der Waals surface area (Å²) in [5, 5.41) is 7.19. The first-order valence-electron chi connectivity index (χ1n) is 15.9. The summed E-state index contributed by atoms with van der Waals surface area (Å²) in [6, 6.07) is 47.8. The van der Waals surface area contributed by atoms with E-state index >= 15 is 0 Å². The van der Waals surface area contributed by atoms with Crippen LogP contribution in [0.25, 0.3) is 76.8 Å². The summed E-state index contributed by atoms with van der Waals surface area (Å²) >= 11 is 0. The maximum atomic E-state index is 6.98. The average Bonchev–Trinajstić information content (AvgIpc) is 3.67. The molecule has 0 N–H and O–H groups in total. The smallest absolute Gasteiger partial charge is 0.142 e. The second-order valence-corrected chi connectivity index (χ2v) is 12.2. The van der Waals surface area contributed by atoms with E-state index in [-0.39, 0.29) is 0 Å². The molecule has 0 radical (unpaired) electrons. The predicted octanol–water partition coefficient (Wildman–Crippen LogP) is 11.3. The van der Waals surface area contributed by atoms with Crippen molar-refractivity contribution in [2.24, 2.45) is 0 Å². The van der Waals surface area contributed by atoms with E-state index in [2.05, 4.69) is 138 Å². The number of furan rings is 1. The van der Waals surface area contributed by atoms with Gasteiger partial charge in [-0.1, -0.05) is 103 Å². The lowest BCUT2D eigenvalue weighted by atomic mass is 9.90. The molecular formula is C43H28N2O. The molecule has 0 atom stereocenters. The molecule has 9 aromatic rings. The highest BCUT2D eigenvalue weighted by atomic mass is 16.3. The molecule has 0 amide bonds. The van der Waals surface area contributed by atoms with Gasteiger partial charge in [0.15, 0.2) is 0 Å². The zero-order valence-corrected chi connectivity index (χ0v) is 25.1. The normalized spacial score (nSPS) is 13.2. The van der Waals surface area contributed by atoms with Crippen molar-refractivity contribution in [3.63, 3.8) is 0 Å². The summed E-state index contributed by atoms with van der Waals surface area (Å²) in [6.45, 7) is 0. The highest BCUT2D eigenvalue weighted by Gasteiger charge is 2.25. The van der Waals surface area contributed by atoms with Crippen LogP contribution in [0.5, 0.6) is 0 Å². The number of hydrogen-bond donors (Lipinski definition) is 0. The Morgan fingerprint density at radius 3 is 2.35 bits per heavy atom. The summed E-state index contributed by atoms with van der Waals surface area (Å²) in [5.74, 6) is 0.989. The molecule has 0 spiro atoms. The Bertz CT molecular complexity index is 2690. The topological polar surface area (TPSA) is 31.0 Å². The Hall–Kier alpha value is -5.93. The molecule has 10 rings (SSSR count). The van der Waals surface area contributed by atoms with E-state index in [4.69, 9.17) is 9.40 Å². The molecule has 46 heavy (non-hydrogen) atoms. The number of pyridine rings is 1. The number of rotatable bonds is 3. The summed E-state index contributed by atoms with van der Waals surface area (Å²) in [6.07, 6.45) is 6.19. The number of para-hydroxylation sites is 3. The van der Waals surface area contributed by atoms with Gasteiger partial charge in [0.25, 0.3) is 0 Å². The number of hydrogen-bond acceptors (Lipinski definition) is 2. The van der Waals surface area contributed by atoms with Crippen molar-refractivity contribution < 1.29 is 4.42 Å². The van der Waals surface area contributed by atoms with E-state index in [0.29, 0.717) is 0 Å². The van der Waals surface area contributed by atoms with Crippen LogP contribution in [0.15, 0.2) is 150 Å². The quantitative estimate of drug-likeness (QED) is 0.192. The van der Waals surface area contributed by atoms with E-state index in [1.165, 1.54) is 60.4 Å². The third-order valence-electron chi connectivity index (χ3n) is 9.71. The van der Waals surface area contributed by atoms with Crippen LogP contribution < -0.4 is 0 Å². The Labute approximate surface area is 265 Å². The van der Waals surface area contributed by atoms with Gasteiger partial charge in [-0.05, 0) is 65.8 Å². The van der Waals surface area contributed by atoms with Crippen LogP contribution in [0.3, 0.4) is 0 Å². The predicted molar refractivity (Wildman–Crippen MR) is 191 cm³/mol. The SMILES string of the molecule is C1=C(c2ccc3c(c2)c2ccccc2n3-c2ccccc2)c2oc3c(-c4cccc5ccc6cccnc6c45)cccc3c2CC1. The zero-order valence-electron chi connectivity index (χ0n) is 25.1. The number of allylic oxidation sites excluding steroid dienone is 1. The second kappa shape index (κ2) is 9.79. The average molecular weight is 589 g/mol.